The zero-order chi connectivity index (χ0) is 15.8. The Hall–Kier alpha value is -2.18. The number of nitrogens with one attached hydrogen (secondary N) is 1. The van der Waals surface area contributed by atoms with Gasteiger partial charge in [0.2, 0.25) is 0 Å². The van der Waals surface area contributed by atoms with Gasteiger partial charge in [0.15, 0.2) is 5.15 Å². The Morgan fingerprint density at radius 3 is 2.86 bits per heavy atom. The molecule has 1 N–H and O–H groups in total. The number of carbonyl (C=O) groups is 1. The molecule has 22 heavy (non-hydrogen) atoms. The summed E-state index contributed by atoms with van der Waals surface area (Å²) in [6.07, 6.45) is 3.02. The normalized spacial score (nSPS) is 10.3. The van der Waals surface area contributed by atoms with Gasteiger partial charge in [0.25, 0.3) is 5.91 Å². The van der Waals surface area contributed by atoms with E-state index in [1.807, 2.05) is 0 Å². The monoisotopic (exact) mass is 321 g/mol. The Bertz CT molecular complexity index is 637. The van der Waals surface area contributed by atoms with Gasteiger partial charge in [-0.25, -0.2) is 4.98 Å². The van der Waals surface area contributed by atoms with E-state index in [1.54, 1.807) is 31.4 Å². The minimum Gasteiger partial charge on any atom is -0.491 e. The molecule has 0 radical (unpaired) electrons. The van der Waals surface area contributed by atoms with Gasteiger partial charge in [0.05, 0.1) is 18.8 Å². The van der Waals surface area contributed by atoms with E-state index in [4.69, 9.17) is 21.1 Å². The molecule has 2 aromatic rings. The molecule has 116 valence electrons. The summed E-state index contributed by atoms with van der Waals surface area (Å²) in [6, 6.07) is 6.92. The first-order valence-corrected chi connectivity index (χ1v) is 7.04. The van der Waals surface area contributed by atoms with E-state index in [0.29, 0.717) is 30.2 Å². The van der Waals surface area contributed by atoms with Crippen LogP contribution in [0.15, 0.2) is 36.7 Å². The van der Waals surface area contributed by atoms with Gasteiger partial charge in [-0.1, -0.05) is 17.7 Å². The van der Waals surface area contributed by atoms with Gasteiger partial charge >= 0.3 is 0 Å². The third-order valence-electron chi connectivity index (χ3n) is 2.79. The molecular formula is C15H16ClN3O3. The fourth-order valence-electron chi connectivity index (χ4n) is 1.70. The predicted molar refractivity (Wildman–Crippen MR) is 82.0 cm³/mol. The van der Waals surface area contributed by atoms with Crippen LogP contribution in [0.1, 0.15) is 16.1 Å². The lowest BCUT2D eigenvalue weighted by Crippen LogP contribution is -2.23. The fraction of sp³-hybridized carbons (Fsp3) is 0.267. The highest BCUT2D eigenvalue weighted by Crippen LogP contribution is 2.14. The lowest BCUT2D eigenvalue weighted by molar-refractivity contribution is 0.0949. The largest absolute Gasteiger partial charge is 0.491 e. The van der Waals surface area contributed by atoms with Crippen molar-refractivity contribution in [1.29, 1.82) is 0 Å². The number of hydrogen-bond donors (Lipinski definition) is 1. The summed E-state index contributed by atoms with van der Waals surface area (Å²) in [5, 5.41) is 3.02. The van der Waals surface area contributed by atoms with Crippen LogP contribution in [-0.4, -0.2) is 36.2 Å². The van der Waals surface area contributed by atoms with E-state index in [1.165, 1.54) is 12.4 Å². The Morgan fingerprint density at radius 2 is 2.09 bits per heavy atom. The molecule has 0 aliphatic rings. The average molecular weight is 322 g/mol. The Kier molecular flexibility index (Phi) is 6.12. The van der Waals surface area contributed by atoms with Crippen LogP contribution in [0.3, 0.4) is 0 Å². The number of halogens is 1. The Morgan fingerprint density at radius 1 is 1.27 bits per heavy atom. The van der Waals surface area contributed by atoms with E-state index in [-0.39, 0.29) is 17.6 Å². The Labute approximate surface area is 133 Å². The first kappa shape index (κ1) is 16.2. The molecule has 0 aliphatic heterocycles. The van der Waals surface area contributed by atoms with Crippen LogP contribution < -0.4 is 10.1 Å². The molecule has 2 rings (SSSR count). The van der Waals surface area contributed by atoms with Crippen molar-refractivity contribution < 1.29 is 14.3 Å². The van der Waals surface area contributed by atoms with Gasteiger partial charge in [0.1, 0.15) is 12.4 Å². The maximum atomic E-state index is 12.1. The lowest BCUT2D eigenvalue weighted by Gasteiger charge is -2.08. The van der Waals surface area contributed by atoms with Crippen LogP contribution in [-0.2, 0) is 11.3 Å². The van der Waals surface area contributed by atoms with Crippen LogP contribution in [0.5, 0.6) is 5.75 Å². The Balaban J connectivity index is 1.95. The standard InChI is InChI=1S/C15H16ClN3O3/c1-21-7-8-22-12-4-2-3-11(9-12)15(20)19-10-13-14(16)18-6-5-17-13/h2-6,9H,7-8,10H2,1H3,(H,19,20). The van der Waals surface area contributed by atoms with Crippen molar-refractivity contribution in [3.63, 3.8) is 0 Å². The minimum absolute atomic E-state index is 0.209. The molecule has 6 nitrogen and oxygen atoms in total. The van der Waals surface area contributed by atoms with Crippen LogP contribution in [0, 0.1) is 0 Å². The highest BCUT2D eigenvalue weighted by molar-refractivity contribution is 6.30. The molecule has 0 saturated carbocycles. The molecule has 0 spiro atoms. The molecule has 1 heterocycles. The second-order valence-corrected chi connectivity index (χ2v) is 4.70. The summed E-state index contributed by atoms with van der Waals surface area (Å²) in [7, 11) is 1.60. The highest BCUT2D eigenvalue weighted by Gasteiger charge is 2.09. The smallest absolute Gasteiger partial charge is 0.251 e. The summed E-state index contributed by atoms with van der Waals surface area (Å²) < 4.78 is 10.4. The van der Waals surface area contributed by atoms with Crippen molar-refractivity contribution in [2.24, 2.45) is 0 Å². The van der Waals surface area contributed by atoms with E-state index < -0.39 is 0 Å². The summed E-state index contributed by atoms with van der Waals surface area (Å²) in [4.78, 5) is 20.1. The van der Waals surface area contributed by atoms with Crippen LogP contribution in [0.25, 0.3) is 0 Å². The van der Waals surface area contributed by atoms with Gasteiger partial charge < -0.3 is 14.8 Å². The average Bonchev–Trinajstić information content (AvgIpc) is 2.54. The first-order valence-electron chi connectivity index (χ1n) is 6.66. The quantitative estimate of drug-likeness (QED) is 0.790. The van der Waals surface area contributed by atoms with E-state index in [9.17, 15) is 4.79 Å². The number of hydrogen-bond acceptors (Lipinski definition) is 5. The third-order valence-corrected chi connectivity index (χ3v) is 3.11. The number of methoxy groups -OCH3 is 1. The summed E-state index contributed by atoms with van der Waals surface area (Å²) in [6.45, 7) is 1.12. The number of benzene rings is 1. The maximum Gasteiger partial charge on any atom is 0.251 e. The zero-order valence-electron chi connectivity index (χ0n) is 12.1. The van der Waals surface area contributed by atoms with E-state index in [0.717, 1.165) is 0 Å². The molecule has 0 aliphatic carbocycles. The first-order chi connectivity index (χ1) is 10.7. The molecule has 1 aromatic heterocycles. The van der Waals surface area contributed by atoms with E-state index in [2.05, 4.69) is 15.3 Å². The van der Waals surface area contributed by atoms with Crippen molar-refractivity contribution in [3.05, 3.63) is 53.1 Å². The predicted octanol–water partition coefficient (Wildman–Crippen LogP) is 2.09. The molecule has 0 unspecified atom stereocenters. The number of rotatable bonds is 7. The zero-order valence-corrected chi connectivity index (χ0v) is 12.8. The number of ether oxygens (including phenoxy) is 2. The molecule has 1 aromatic carbocycles. The molecule has 0 atom stereocenters. The highest BCUT2D eigenvalue weighted by atomic mass is 35.5. The van der Waals surface area contributed by atoms with Gasteiger partial charge in [0, 0.05) is 25.1 Å². The van der Waals surface area contributed by atoms with Crippen LogP contribution >= 0.6 is 11.6 Å². The second-order valence-electron chi connectivity index (χ2n) is 4.35. The number of aromatic nitrogens is 2. The van der Waals surface area contributed by atoms with Gasteiger partial charge in [-0.05, 0) is 18.2 Å². The van der Waals surface area contributed by atoms with Gasteiger partial charge in [-0.2, -0.15) is 0 Å². The maximum absolute atomic E-state index is 12.1. The van der Waals surface area contributed by atoms with E-state index >= 15 is 0 Å². The van der Waals surface area contributed by atoms with Crippen molar-refractivity contribution in [1.82, 2.24) is 15.3 Å². The molecule has 0 saturated heterocycles. The van der Waals surface area contributed by atoms with Crippen molar-refractivity contribution >= 4 is 17.5 Å². The van der Waals surface area contributed by atoms with Gasteiger partial charge in [-0.15, -0.1) is 0 Å². The number of amides is 1. The molecule has 0 fully saturated rings. The van der Waals surface area contributed by atoms with Crippen molar-refractivity contribution in [2.75, 3.05) is 20.3 Å². The number of carbonyl (C=O) groups excluding carboxylic acids is 1. The van der Waals surface area contributed by atoms with Gasteiger partial charge in [-0.3, -0.25) is 9.78 Å². The molecule has 7 heteroatoms. The van der Waals surface area contributed by atoms with Crippen LogP contribution in [0.2, 0.25) is 5.15 Å². The SMILES string of the molecule is COCCOc1cccc(C(=O)NCc2nccnc2Cl)c1. The summed E-state index contributed by atoms with van der Waals surface area (Å²) in [5.74, 6) is 0.376. The lowest BCUT2D eigenvalue weighted by atomic mass is 10.2. The third kappa shape index (κ3) is 4.68. The minimum atomic E-state index is -0.237. The molecule has 0 bridgehead atoms. The van der Waals surface area contributed by atoms with Crippen molar-refractivity contribution in [3.8, 4) is 5.75 Å². The summed E-state index contributed by atoms with van der Waals surface area (Å²) >= 11 is 5.89. The van der Waals surface area contributed by atoms with Crippen LogP contribution in [0.4, 0.5) is 0 Å². The fourth-order valence-corrected chi connectivity index (χ4v) is 1.88. The molecular weight excluding hydrogens is 306 g/mol. The summed E-state index contributed by atoms with van der Waals surface area (Å²) in [5.41, 5.74) is 1.01. The molecule has 1 amide bonds. The topological polar surface area (TPSA) is 73.3 Å². The number of nitrogens with zero attached hydrogens (tertiary/aromatic N) is 2. The van der Waals surface area contributed by atoms with Crippen molar-refractivity contribution in [2.45, 2.75) is 6.54 Å². The second kappa shape index (κ2) is 8.31.